The first-order chi connectivity index (χ1) is 13.0. The predicted molar refractivity (Wildman–Crippen MR) is 92.2 cm³/mol. The molecule has 4 aromatic rings. The van der Waals surface area contributed by atoms with Crippen molar-refractivity contribution in [2.24, 2.45) is 0 Å². The minimum atomic E-state index is -2.82. The second-order valence-corrected chi connectivity index (χ2v) is 6.05. The summed E-state index contributed by atoms with van der Waals surface area (Å²) in [7, 11) is 0. The summed E-state index contributed by atoms with van der Waals surface area (Å²) in [4.78, 5) is 4.45. The van der Waals surface area contributed by atoms with E-state index in [9.17, 15) is 13.2 Å². The zero-order chi connectivity index (χ0) is 19.0. The molecule has 1 N–H and O–H groups in total. The predicted octanol–water partition coefficient (Wildman–Crippen LogP) is 4.73. The van der Waals surface area contributed by atoms with Gasteiger partial charge in [-0.15, -0.1) is 10.2 Å². The summed E-state index contributed by atoms with van der Waals surface area (Å²) >= 11 is 5.76. The van der Waals surface area contributed by atoms with Crippen molar-refractivity contribution in [1.82, 2.24) is 19.6 Å². The Morgan fingerprint density at radius 3 is 2.78 bits per heavy atom. The Morgan fingerprint density at radius 1 is 1.19 bits per heavy atom. The second-order valence-electron chi connectivity index (χ2n) is 5.64. The third kappa shape index (κ3) is 3.59. The van der Waals surface area contributed by atoms with E-state index in [-0.39, 0.29) is 10.9 Å². The number of pyridine rings is 1. The maximum Gasteiger partial charge on any atom is 0.314 e. The average molecular weight is 394 g/mol. The van der Waals surface area contributed by atoms with Crippen LogP contribution < -0.4 is 5.32 Å². The number of imidazole rings is 1. The summed E-state index contributed by atoms with van der Waals surface area (Å²) in [6.45, 7) is 0.384. The molecule has 0 aliphatic carbocycles. The Balaban J connectivity index is 1.54. The zero-order valence-electron chi connectivity index (χ0n) is 13.5. The van der Waals surface area contributed by atoms with E-state index >= 15 is 0 Å². The van der Waals surface area contributed by atoms with Gasteiger partial charge in [0.25, 0.3) is 5.89 Å². The number of rotatable bonds is 5. The summed E-state index contributed by atoms with van der Waals surface area (Å²) in [5.41, 5.74) is 2.44. The van der Waals surface area contributed by atoms with Gasteiger partial charge in [0.15, 0.2) is 0 Å². The third-order valence-corrected chi connectivity index (χ3v) is 4.07. The van der Waals surface area contributed by atoms with E-state index in [1.165, 1.54) is 12.1 Å². The minimum Gasteiger partial charge on any atom is -0.415 e. The van der Waals surface area contributed by atoms with Gasteiger partial charge in [0, 0.05) is 23.6 Å². The third-order valence-electron chi connectivity index (χ3n) is 3.78. The smallest absolute Gasteiger partial charge is 0.314 e. The first-order valence-corrected chi connectivity index (χ1v) is 8.16. The second kappa shape index (κ2) is 6.92. The van der Waals surface area contributed by atoms with Crippen molar-refractivity contribution >= 4 is 22.9 Å². The van der Waals surface area contributed by atoms with Crippen molar-refractivity contribution in [2.75, 3.05) is 5.32 Å². The van der Waals surface area contributed by atoms with E-state index in [0.29, 0.717) is 29.1 Å². The molecule has 6 nitrogen and oxygen atoms in total. The number of benzene rings is 1. The van der Waals surface area contributed by atoms with Gasteiger partial charge in [-0.3, -0.25) is 0 Å². The van der Waals surface area contributed by atoms with Gasteiger partial charge in [-0.2, -0.15) is 8.78 Å². The maximum atomic E-state index is 13.2. The normalized spacial score (nSPS) is 11.4. The fourth-order valence-corrected chi connectivity index (χ4v) is 2.67. The number of nitrogens with zero attached hydrogens (tertiary/aromatic N) is 4. The quantitative estimate of drug-likeness (QED) is 0.531. The van der Waals surface area contributed by atoms with Crippen LogP contribution in [0.25, 0.3) is 17.1 Å². The van der Waals surface area contributed by atoms with E-state index in [0.717, 1.165) is 0 Å². The number of anilines is 1. The highest BCUT2D eigenvalue weighted by atomic mass is 35.5. The number of halogens is 4. The van der Waals surface area contributed by atoms with Gasteiger partial charge in [-0.25, -0.2) is 9.37 Å². The van der Waals surface area contributed by atoms with Crippen molar-refractivity contribution in [1.29, 1.82) is 0 Å². The molecular weight excluding hydrogens is 383 g/mol. The summed E-state index contributed by atoms with van der Waals surface area (Å²) in [5, 5.41) is 10.1. The molecule has 3 heterocycles. The average Bonchev–Trinajstić information content (AvgIpc) is 3.28. The van der Waals surface area contributed by atoms with Crippen LogP contribution >= 0.6 is 11.6 Å². The SMILES string of the molecule is Fc1ccc(NCc2cn3ccc(-c4nnc(C(F)F)o4)cc3n2)cc1Cl. The summed E-state index contributed by atoms with van der Waals surface area (Å²) in [6, 6.07) is 7.65. The highest BCUT2D eigenvalue weighted by molar-refractivity contribution is 6.31. The van der Waals surface area contributed by atoms with Crippen LogP contribution in [0.3, 0.4) is 0 Å². The molecule has 27 heavy (non-hydrogen) atoms. The lowest BCUT2D eigenvalue weighted by Crippen LogP contribution is -1.99. The summed E-state index contributed by atoms with van der Waals surface area (Å²) in [6.07, 6.45) is 0.691. The van der Waals surface area contributed by atoms with E-state index in [1.54, 1.807) is 35.0 Å². The molecule has 0 saturated heterocycles. The monoisotopic (exact) mass is 393 g/mol. The molecule has 0 atom stereocenters. The Kier molecular flexibility index (Phi) is 4.44. The van der Waals surface area contributed by atoms with Crippen molar-refractivity contribution in [3.63, 3.8) is 0 Å². The molecule has 0 saturated carbocycles. The molecule has 0 aliphatic rings. The van der Waals surface area contributed by atoms with Crippen LogP contribution in [0.15, 0.2) is 47.1 Å². The largest absolute Gasteiger partial charge is 0.415 e. The van der Waals surface area contributed by atoms with Crippen LogP contribution in [-0.2, 0) is 6.54 Å². The van der Waals surface area contributed by atoms with Crippen molar-refractivity contribution in [3.8, 4) is 11.5 Å². The van der Waals surface area contributed by atoms with Crippen LogP contribution in [0.4, 0.5) is 18.9 Å². The van der Waals surface area contributed by atoms with E-state index in [2.05, 4.69) is 20.5 Å². The molecule has 1 aromatic carbocycles. The number of nitrogens with one attached hydrogen (secondary N) is 1. The van der Waals surface area contributed by atoms with Crippen LogP contribution in [0.1, 0.15) is 18.0 Å². The molecule has 4 rings (SSSR count). The van der Waals surface area contributed by atoms with Gasteiger partial charge in [0.05, 0.1) is 17.3 Å². The lowest BCUT2D eigenvalue weighted by atomic mass is 10.2. The highest BCUT2D eigenvalue weighted by Crippen LogP contribution is 2.24. The molecule has 0 spiro atoms. The summed E-state index contributed by atoms with van der Waals surface area (Å²) in [5.74, 6) is -1.22. The fourth-order valence-electron chi connectivity index (χ4n) is 2.49. The van der Waals surface area contributed by atoms with E-state index in [1.807, 2.05) is 0 Å². The number of hydrogen-bond acceptors (Lipinski definition) is 5. The van der Waals surface area contributed by atoms with E-state index in [4.69, 9.17) is 16.0 Å². The molecule has 0 unspecified atom stereocenters. The van der Waals surface area contributed by atoms with Gasteiger partial charge in [0.1, 0.15) is 11.5 Å². The Bertz CT molecular complexity index is 1110. The molecule has 3 aromatic heterocycles. The van der Waals surface area contributed by atoms with Gasteiger partial charge >= 0.3 is 6.43 Å². The number of aromatic nitrogens is 4. The number of alkyl halides is 2. The number of hydrogen-bond donors (Lipinski definition) is 1. The Labute approximate surface area is 155 Å². The molecule has 0 amide bonds. The van der Waals surface area contributed by atoms with Crippen LogP contribution in [0, 0.1) is 5.82 Å². The molecule has 0 radical (unpaired) electrons. The lowest BCUT2D eigenvalue weighted by molar-refractivity contribution is 0.116. The van der Waals surface area contributed by atoms with Gasteiger partial charge in [-0.1, -0.05) is 11.6 Å². The molecule has 0 aliphatic heterocycles. The Hall–Kier alpha value is -3.07. The zero-order valence-corrected chi connectivity index (χ0v) is 14.3. The van der Waals surface area contributed by atoms with Crippen molar-refractivity contribution in [2.45, 2.75) is 13.0 Å². The lowest BCUT2D eigenvalue weighted by Gasteiger charge is -2.04. The van der Waals surface area contributed by atoms with Crippen LogP contribution in [0.5, 0.6) is 0 Å². The van der Waals surface area contributed by atoms with Crippen molar-refractivity contribution < 1.29 is 17.6 Å². The van der Waals surface area contributed by atoms with Crippen molar-refractivity contribution in [3.05, 3.63) is 65.2 Å². The van der Waals surface area contributed by atoms with Gasteiger partial charge in [0.2, 0.25) is 5.89 Å². The molecule has 0 fully saturated rings. The molecular formula is C17H11ClF3N5O. The highest BCUT2D eigenvalue weighted by Gasteiger charge is 2.17. The first-order valence-electron chi connectivity index (χ1n) is 7.78. The van der Waals surface area contributed by atoms with E-state index < -0.39 is 18.1 Å². The van der Waals surface area contributed by atoms with Crippen LogP contribution in [0.2, 0.25) is 5.02 Å². The van der Waals surface area contributed by atoms with Crippen LogP contribution in [-0.4, -0.2) is 19.6 Å². The molecule has 138 valence electrons. The molecule has 0 bridgehead atoms. The Morgan fingerprint density at radius 2 is 2.04 bits per heavy atom. The standard InChI is InChI=1S/C17H11ClF3N5O/c18-12-6-10(1-2-13(12)19)22-7-11-8-26-4-3-9(5-14(26)23-11)16-24-25-17(27-16)15(20)21/h1-6,8,15,22H,7H2. The molecule has 10 heteroatoms. The fraction of sp³-hybridized carbons (Fsp3) is 0.118. The maximum absolute atomic E-state index is 13.2. The number of fused-ring (bicyclic) bond motifs is 1. The topological polar surface area (TPSA) is 68.2 Å². The van der Waals surface area contributed by atoms with Gasteiger partial charge in [-0.05, 0) is 30.3 Å². The first kappa shape index (κ1) is 17.3. The summed E-state index contributed by atoms with van der Waals surface area (Å²) < 4.78 is 45.1. The minimum absolute atomic E-state index is 0.00331. The van der Waals surface area contributed by atoms with Gasteiger partial charge < -0.3 is 14.1 Å².